The lowest BCUT2D eigenvalue weighted by atomic mass is 9.79. The molecular weight excluding hydrogens is 224 g/mol. The largest absolute Gasteiger partial charge is 0.496 e. The van der Waals surface area contributed by atoms with Crippen LogP contribution in [-0.4, -0.2) is 13.2 Å². The average molecular weight is 248 g/mol. The third kappa shape index (κ3) is 2.85. The standard InChI is InChI=1S/C15H24N2O/c1-10-9-12(5-8-14(10)18-2)15(17)11-3-6-13(16)7-4-11/h5,8-9,11,13,15H,3-4,6-7,16-17H2,1-2H3. The SMILES string of the molecule is COc1ccc(C(N)C2CCC(N)CC2)cc1C. The molecule has 0 aliphatic heterocycles. The molecule has 0 saturated heterocycles. The van der Waals surface area contributed by atoms with E-state index in [1.54, 1.807) is 7.11 Å². The number of hydrogen-bond acceptors (Lipinski definition) is 3. The summed E-state index contributed by atoms with van der Waals surface area (Å²) < 4.78 is 5.28. The Labute approximate surface area is 110 Å². The quantitative estimate of drug-likeness (QED) is 0.864. The first-order valence-corrected chi connectivity index (χ1v) is 6.77. The predicted octanol–water partition coefficient (Wildman–Crippen LogP) is 2.52. The molecule has 1 unspecified atom stereocenters. The molecule has 0 amide bonds. The van der Waals surface area contributed by atoms with Crippen LogP contribution >= 0.6 is 0 Å². The third-order valence-corrected chi connectivity index (χ3v) is 4.13. The van der Waals surface area contributed by atoms with Gasteiger partial charge in [0.1, 0.15) is 5.75 Å². The van der Waals surface area contributed by atoms with Gasteiger partial charge in [-0.25, -0.2) is 0 Å². The second-order valence-electron chi connectivity index (χ2n) is 5.43. The van der Waals surface area contributed by atoms with Gasteiger partial charge in [0.05, 0.1) is 7.11 Å². The van der Waals surface area contributed by atoms with Crippen LogP contribution in [0.25, 0.3) is 0 Å². The van der Waals surface area contributed by atoms with E-state index in [9.17, 15) is 0 Å². The predicted molar refractivity (Wildman–Crippen MR) is 74.6 cm³/mol. The maximum Gasteiger partial charge on any atom is 0.121 e. The van der Waals surface area contributed by atoms with E-state index in [2.05, 4.69) is 19.1 Å². The summed E-state index contributed by atoms with van der Waals surface area (Å²) in [5.74, 6) is 1.49. The van der Waals surface area contributed by atoms with Crippen molar-refractivity contribution in [3.63, 3.8) is 0 Å². The van der Waals surface area contributed by atoms with Crippen LogP contribution in [0.4, 0.5) is 0 Å². The molecule has 2 rings (SSSR count). The fraction of sp³-hybridized carbons (Fsp3) is 0.600. The molecule has 0 bridgehead atoms. The van der Waals surface area contributed by atoms with Crippen molar-refractivity contribution in [3.05, 3.63) is 29.3 Å². The second kappa shape index (κ2) is 5.72. The Kier molecular flexibility index (Phi) is 4.25. The normalized spacial score (nSPS) is 25.8. The Morgan fingerprint density at radius 2 is 1.89 bits per heavy atom. The average Bonchev–Trinajstić information content (AvgIpc) is 2.38. The van der Waals surface area contributed by atoms with Crippen molar-refractivity contribution in [2.24, 2.45) is 17.4 Å². The lowest BCUT2D eigenvalue weighted by molar-refractivity contribution is 0.284. The van der Waals surface area contributed by atoms with Crippen LogP contribution in [0.3, 0.4) is 0 Å². The first-order chi connectivity index (χ1) is 8.61. The summed E-state index contributed by atoms with van der Waals surface area (Å²) in [6, 6.07) is 6.76. The van der Waals surface area contributed by atoms with Crippen LogP contribution in [0.1, 0.15) is 42.9 Å². The molecule has 0 aromatic heterocycles. The van der Waals surface area contributed by atoms with E-state index < -0.39 is 0 Å². The lowest BCUT2D eigenvalue weighted by Crippen LogP contribution is -2.31. The van der Waals surface area contributed by atoms with Crippen LogP contribution in [0, 0.1) is 12.8 Å². The topological polar surface area (TPSA) is 61.3 Å². The Morgan fingerprint density at radius 3 is 2.44 bits per heavy atom. The van der Waals surface area contributed by atoms with Crippen LogP contribution < -0.4 is 16.2 Å². The van der Waals surface area contributed by atoms with E-state index in [0.29, 0.717) is 12.0 Å². The van der Waals surface area contributed by atoms with E-state index in [4.69, 9.17) is 16.2 Å². The Bertz CT molecular complexity index is 397. The number of rotatable bonds is 3. The van der Waals surface area contributed by atoms with Crippen molar-refractivity contribution in [2.75, 3.05) is 7.11 Å². The van der Waals surface area contributed by atoms with Crippen LogP contribution in [0.5, 0.6) is 5.75 Å². The summed E-state index contributed by atoms with van der Waals surface area (Å²) in [6.45, 7) is 2.06. The smallest absolute Gasteiger partial charge is 0.121 e. The Hall–Kier alpha value is -1.06. The van der Waals surface area contributed by atoms with Gasteiger partial charge in [-0.15, -0.1) is 0 Å². The molecule has 1 fully saturated rings. The van der Waals surface area contributed by atoms with Crippen molar-refractivity contribution in [1.29, 1.82) is 0 Å². The third-order valence-electron chi connectivity index (χ3n) is 4.13. The summed E-state index contributed by atoms with van der Waals surface area (Å²) >= 11 is 0. The number of nitrogens with two attached hydrogens (primary N) is 2. The highest BCUT2D eigenvalue weighted by Crippen LogP contribution is 2.33. The molecule has 3 nitrogen and oxygen atoms in total. The van der Waals surface area contributed by atoms with Crippen molar-refractivity contribution >= 4 is 0 Å². The summed E-state index contributed by atoms with van der Waals surface area (Å²) in [7, 11) is 1.70. The van der Waals surface area contributed by atoms with E-state index in [1.807, 2.05) is 6.07 Å². The monoisotopic (exact) mass is 248 g/mol. The molecule has 0 spiro atoms. The van der Waals surface area contributed by atoms with Crippen molar-refractivity contribution in [1.82, 2.24) is 0 Å². The number of methoxy groups -OCH3 is 1. The molecular formula is C15H24N2O. The summed E-state index contributed by atoms with van der Waals surface area (Å²) in [5, 5.41) is 0. The molecule has 1 atom stereocenters. The maximum absolute atomic E-state index is 6.39. The van der Waals surface area contributed by atoms with Crippen LogP contribution in [0.2, 0.25) is 0 Å². The van der Waals surface area contributed by atoms with Gasteiger partial charge in [0.25, 0.3) is 0 Å². The Morgan fingerprint density at radius 1 is 1.22 bits per heavy atom. The highest BCUT2D eigenvalue weighted by molar-refractivity contribution is 5.37. The zero-order valence-electron chi connectivity index (χ0n) is 11.4. The van der Waals surface area contributed by atoms with Gasteiger partial charge < -0.3 is 16.2 Å². The molecule has 1 saturated carbocycles. The molecule has 1 aromatic carbocycles. The molecule has 18 heavy (non-hydrogen) atoms. The van der Waals surface area contributed by atoms with E-state index in [0.717, 1.165) is 37.0 Å². The first-order valence-electron chi connectivity index (χ1n) is 6.77. The minimum atomic E-state index is 0.127. The summed E-state index contributed by atoms with van der Waals surface area (Å²) in [4.78, 5) is 0. The molecule has 1 aliphatic carbocycles. The van der Waals surface area contributed by atoms with Gasteiger partial charge in [-0.2, -0.15) is 0 Å². The van der Waals surface area contributed by atoms with E-state index in [-0.39, 0.29) is 6.04 Å². The second-order valence-corrected chi connectivity index (χ2v) is 5.43. The fourth-order valence-electron chi connectivity index (χ4n) is 2.89. The highest BCUT2D eigenvalue weighted by atomic mass is 16.5. The van der Waals surface area contributed by atoms with Gasteiger partial charge in [-0.1, -0.05) is 12.1 Å². The number of benzene rings is 1. The molecule has 0 radical (unpaired) electrons. The first kappa shape index (κ1) is 13.4. The summed E-state index contributed by atoms with van der Waals surface area (Å²) in [5.41, 5.74) is 14.7. The molecule has 1 aromatic rings. The molecule has 0 heterocycles. The van der Waals surface area contributed by atoms with E-state index >= 15 is 0 Å². The minimum Gasteiger partial charge on any atom is -0.496 e. The highest BCUT2D eigenvalue weighted by Gasteiger charge is 2.25. The van der Waals surface area contributed by atoms with Crippen molar-refractivity contribution in [3.8, 4) is 5.75 Å². The van der Waals surface area contributed by atoms with Gasteiger partial charge >= 0.3 is 0 Å². The summed E-state index contributed by atoms with van der Waals surface area (Å²) in [6.07, 6.45) is 4.50. The molecule has 1 aliphatic rings. The number of ether oxygens (including phenoxy) is 1. The molecule has 100 valence electrons. The van der Waals surface area contributed by atoms with Crippen molar-refractivity contribution in [2.45, 2.75) is 44.7 Å². The van der Waals surface area contributed by atoms with Gasteiger partial charge in [0.2, 0.25) is 0 Å². The maximum atomic E-state index is 6.39. The van der Waals surface area contributed by atoms with E-state index in [1.165, 1.54) is 5.56 Å². The fourth-order valence-corrected chi connectivity index (χ4v) is 2.89. The van der Waals surface area contributed by atoms with Crippen molar-refractivity contribution < 1.29 is 4.74 Å². The van der Waals surface area contributed by atoms with Crippen LogP contribution in [0.15, 0.2) is 18.2 Å². The van der Waals surface area contributed by atoms with Gasteiger partial charge in [-0.05, 0) is 55.7 Å². The van der Waals surface area contributed by atoms with Gasteiger partial charge in [0, 0.05) is 12.1 Å². The lowest BCUT2D eigenvalue weighted by Gasteiger charge is -2.31. The zero-order chi connectivity index (χ0) is 13.1. The van der Waals surface area contributed by atoms with Crippen LogP contribution in [-0.2, 0) is 0 Å². The number of hydrogen-bond donors (Lipinski definition) is 2. The van der Waals surface area contributed by atoms with Gasteiger partial charge in [-0.3, -0.25) is 0 Å². The van der Waals surface area contributed by atoms with Gasteiger partial charge in [0.15, 0.2) is 0 Å². The molecule has 4 N–H and O–H groups in total. The Balaban J connectivity index is 2.08. The minimum absolute atomic E-state index is 0.127. The zero-order valence-corrected chi connectivity index (χ0v) is 11.4. The molecule has 3 heteroatoms. The number of aryl methyl sites for hydroxylation is 1.